The molecule has 0 saturated carbocycles. The zero-order valence-electron chi connectivity index (χ0n) is 8.79. The predicted molar refractivity (Wildman–Crippen MR) is 60.7 cm³/mol. The molecule has 1 heterocycles. The number of terminal acetylenes is 1. The summed E-state index contributed by atoms with van der Waals surface area (Å²) in [5, 5.41) is 0. The van der Waals surface area contributed by atoms with E-state index in [1.54, 1.807) is 4.90 Å². The van der Waals surface area contributed by atoms with Crippen molar-refractivity contribution < 1.29 is 4.79 Å². The van der Waals surface area contributed by atoms with Crippen molar-refractivity contribution in [3.63, 3.8) is 0 Å². The van der Waals surface area contributed by atoms with Crippen molar-refractivity contribution in [1.29, 1.82) is 0 Å². The van der Waals surface area contributed by atoms with E-state index >= 15 is 0 Å². The number of nitrogens with zero attached hydrogens (tertiary/aromatic N) is 1. The van der Waals surface area contributed by atoms with Crippen LogP contribution in [0.25, 0.3) is 0 Å². The number of carbonyl (C=O) groups excluding carboxylic acids is 1. The Balaban J connectivity index is 2.46. The molecule has 0 atom stereocenters. The molecule has 0 radical (unpaired) electrons. The first-order valence-corrected chi connectivity index (χ1v) is 5.05. The van der Waals surface area contributed by atoms with E-state index in [1.165, 1.54) is 5.56 Å². The van der Waals surface area contributed by atoms with Crippen LogP contribution in [-0.2, 0) is 11.2 Å². The van der Waals surface area contributed by atoms with Gasteiger partial charge in [-0.25, -0.2) is 0 Å². The molecular formula is C13H13NO. The molecule has 2 rings (SSSR count). The van der Waals surface area contributed by atoms with Gasteiger partial charge in [-0.05, 0) is 30.5 Å². The molecule has 0 saturated heterocycles. The summed E-state index contributed by atoms with van der Waals surface area (Å²) in [7, 11) is 0. The van der Waals surface area contributed by atoms with Gasteiger partial charge in [0.1, 0.15) is 0 Å². The molecule has 0 N–H and O–H groups in total. The summed E-state index contributed by atoms with van der Waals surface area (Å²) in [6.45, 7) is 2.39. The van der Waals surface area contributed by atoms with Gasteiger partial charge in [0, 0.05) is 12.1 Å². The molecule has 0 aromatic heterocycles. The van der Waals surface area contributed by atoms with E-state index in [4.69, 9.17) is 6.42 Å². The van der Waals surface area contributed by atoms with Gasteiger partial charge in [0.05, 0.1) is 6.54 Å². The molecule has 1 aromatic carbocycles. The van der Waals surface area contributed by atoms with E-state index in [-0.39, 0.29) is 5.91 Å². The highest BCUT2D eigenvalue weighted by atomic mass is 16.2. The van der Waals surface area contributed by atoms with Gasteiger partial charge < -0.3 is 4.90 Å². The second-order valence-corrected chi connectivity index (χ2v) is 3.82. The zero-order chi connectivity index (χ0) is 10.8. The molecule has 0 fully saturated rings. The monoisotopic (exact) mass is 199 g/mol. The highest BCUT2D eigenvalue weighted by Crippen LogP contribution is 2.28. The van der Waals surface area contributed by atoms with Crippen LogP contribution < -0.4 is 4.90 Å². The highest BCUT2D eigenvalue weighted by molar-refractivity contribution is 5.96. The maximum atomic E-state index is 11.7. The molecule has 1 aliphatic heterocycles. The maximum absolute atomic E-state index is 11.7. The van der Waals surface area contributed by atoms with Crippen molar-refractivity contribution in [2.45, 2.75) is 19.8 Å². The topological polar surface area (TPSA) is 20.3 Å². The summed E-state index contributed by atoms with van der Waals surface area (Å²) in [5.74, 6) is 2.66. The Morgan fingerprint density at radius 2 is 2.27 bits per heavy atom. The van der Waals surface area contributed by atoms with Gasteiger partial charge in [0.25, 0.3) is 0 Å². The number of hydrogen-bond donors (Lipinski definition) is 0. The van der Waals surface area contributed by atoms with E-state index in [1.807, 2.05) is 13.0 Å². The Bertz CT molecular complexity index is 442. The lowest BCUT2D eigenvalue weighted by atomic mass is 9.99. The standard InChI is InChI=1S/C13H13NO/c1-3-8-14-12-9-10(2)4-5-11(12)6-7-13(14)15/h1,4-5,9H,6-8H2,2H3. The van der Waals surface area contributed by atoms with Gasteiger partial charge >= 0.3 is 0 Å². The van der Waals surface area contributed by atoms with Crippen LogP contribution in [0.1, 0.15) is 17.5 Å². The molecule has 2 heteroatoms. The van der Waals surface area contributed by atoms with Crippen molar-refractivity contribution in [2.75, 3.05) is 11.4 Å². The van der Waals surface area contributed by atoms with Crippen LogP contribution in [0, 0.1) is 19.3 Å². The Morgan fingerprint density at radius 3 is 3.00 bits per heavy atom. The SMILES string of the molecule is C#CCN1C(=O)CCc2ccc(C)cc21. The van der Waals surface area contributed by atoms with Crippen molar-refractivity contribution in [1.82, 2.24) is 0 Å². The van der Waals surface area contributed by atoms with Gasteiger partial charge in [-0.3, -0.25) is 4.79 Å². The predicted octanol–water partition coefficient (Wildman–Crippen LogP) is 1.91. The summed E-state index contributed by atoms with van der Waals surface area (Å²) in [4.78, 5) is 13.4. The molecular weight excluding hydrogens is 186 g/mol. The fourth-order valence-corrected chi connectivity index (χ4v) is 1.91. The number of rotatable bonds is 1. The third-order valence-corrected chi connectivity index (χ3v) is 2.69. The second kappa shape index (κ2) is 3.78. The third-order valence-electron chi connectivity index (χ3n) is 2.69. The molecule has 15 heavy (non-hydrogen) atoms. The summed E-state index contributed by atoms with van der Waals surface area (Å²) in [5.41, 5.74) is 3.37. The molecule has 76 valence electrons. The third kappa shape index (κ3) is 1.73. The van der Waals surface area contributed by atoms with E-state index in [9.17, 15) is 4.79 Å². The van der Waals surface area contributed by atoms with Crippen molar-refractivity contribution in [3.8, 4) is 12.3 Å². The first-order valence-electron chi connectivity index (χ1n) is 5.05. The second-order valence-electron chi connectivity index (χ2n) is 3.82. The minimum absolute atomic E-state index is 0.131. The zero-order valence-corrected chi connectivity index (χ0v) is 8.79. The lowest BCUT2D eigenvalue weighted by Gasteiger charge is -2.28. The Labute approximate surface area is 89.9 Å². The van der Waals surface area contributed by atoms with Crippen LogP contribution >= 0.6 is 0 Å². The van der Waals surface area contributed by atoms with Crippen molar-refractivity contribution in [3.05, 3.63) is 29.3 Å². The molecule has 0 bridgehead atoms. The van der Waals surface area contributed by atoms with E-state index in [0.29, 0.717) is 13.0 Å². The molecule has 0 spiro atoms. The van der Waals surface area contributed by atoms with Crippen molar-refractivity contribution in [2.24, 2.45) is 0 Å². The van der Waals surface area contributed by atoms with Gasteiger partial charge in [-0.1, -0.05) is 18.1 Å². The quantitative estimate of drug-likeness (QED) is 0.633. The largest absolute Gasteiger partial charge is 0.301 e. The number of carbonyl (C=O) groups is 1. The number of hydrogen-bond acceptors (Lipinski definition) is 1. The van der Waals surface area contributed by atoms with Gasteiger partial charge in [-0.2, -0.15) is 0 Å². The molecule has 1 aromatic rings. The summed E-state index contributed by atoms with van der Waals surface area (Å²) in [6.07, 6.45) is 6.67. The first kappa shape index (κ1) is 9.79. The summed E-state index contributed by atoms with van der Waals surface area (Å²) < 4.78 is 0. The minimum atomic E-state index is 0.131. The fraction of sp³-hybridized carbons (Fsp3) is 0.308. The molecule has 0 unspecified atom stereocenters. The van der Waals surface area contributed by atoms with Gasteiger partial charge in [-0.15, -0.1) is 6.42 Å². The number of benzene rings is 1. The first-order chi connectivity index (χ1) is 7.22. The van der Waals surface area contributed by atoms with Crippen LogP contribution in [0.15, 0.2) is 18.2 Å². The van der Waals surface area contributed by atoms with E-state index in [2.05, 4.69) is 18.1 Å². The summed E-state index contributed by atoms with van der Waals surface area (Å²) >= 11 is 0. The van der Waals surface area contributed by atoms with Crippen LogP contribution in [0.5, 0.6) is 0 Å². The minimum Gasteiger partial charge on any atom is -0.301 e. The molecule has 0 aliphatic carbocycles. The Hall–Kier alpha value is -1.75. The molecule has 1 amide bonds. The summed E-state index contributed by atoms with van der Waals surface area (Å²) in [6, 6.07) is 6.19. The normalized spacial score (nSPS) is 14.7. The number of anilines is 1. The van der Waals surface area contributed by atoms with Crippen LogP contribution in [-0.4, -0.2) is 12.5 Å². The van der Waals surface area contributed by atoms with Crippen LogP contribution in [0.3, 0.4) is 0 Å². The fourth-order valence-electron chi connectivity index (χ4n) is 1.91. The molecule has 1 aliphatic rings. The van der Waals surface area contributed by atoms with Crippen LogP contribution in [0.2, 0.25) is 0 Å². The number of fused-ring (bicyclic) bond motifs is 1. The van der Waals surface area contributed by atoms with E-state index < -0.39 is 0 Å². The smallest absolute Gasteiger partial charge is 0.228 e. The highest BCUT2D eigenvalue weighted by Gasteiger charge is 2.22. The van der Waals surface area contributed by atoms with E-state index in [0.717, 1.165) is 17.7 Å². The van der Waals surface area contributed by atoms with Crippen molar-refractivity contribution >= 4 is 11.6 Å². The van der Waals surface area contributed by atoms with Gasteiger partial charge in [0.15, 0.2) is 0 Å². The average Bonchev–Trinajstić information content (AvgIpc) is 2.23. The lowest BCUT2D eigenvalue weighted by molar-refractivity contribution is -0.118. The Morgan fingerprint density at radius 1 is 1.47 bits per heavy atom. The lowest BCUT2D eigenvalue weighted by Crippen LogP contribution is -2.35. The van der Waals surface area contributed by atoms with Gasteiger partial charge in [0.2, 0.25) is 5.91 Å². The Kier molecular flexibility index (Phi) is 2.47. The maximum Gasteiger partial charge on any atom is 0.228 e. The number of aryl methyl sites for hydroxylation is 2. The molecule has 2 nitrogen and oxygen atoms in total. The van der Waals surface area contributed by atoms with Crippen LogP contribution in [0.4, 0.5) is 5.69 Å². The average molecular weight is 199 g/mol. The number of amides is 1.